The summed E-state index contributed by atoms with van der Waals surface area (Å²) in [6.45, 7) is 8.70. The van der Waals surface area contributed by atoms with E-state index in [2.05, 4.69) is 92.8 Å². The van der Waals surface area contributed by atoms with Gasteiger partial charge in [-0.25, -0.2) is 0 Å². The molecule has 6 nitrogen and oxygen atoms in total. The fraction of sp³-hybridized carbons (Fsp3) is 0.158. The van der Waals surface area contributed by atoms with E-state index in [4.69, 9.17) is 0 Å². The van der Waals surface area contributed by atoms with E-state index in [1.54, 1.807) is 0 Å². The lowest BCUT2D eigenvalue weighted by Gasteiger charge is -2.13. The smallest absolute Gasteiger partial charge is 0.208 e. The van der Waals surface area contributed by atoms with Crippen LogP contribution in [0.5, 0.6) is 28.7 Å². The van der Waals surface area contributed by atoms with Crippen LogP contribution in [-0.2, 0) is 0 Å². The molecule has 5 N–H and O–H groups in total. The van der Waals surface area contributed by atoms with Crippen molar-refractivity contribution in [3.63, 3.8) is 0 Å². The zero-order valence-corrected chi connectivity index (χ0v) is 24.8. The average molecular weight is 582 g/mol. The molecule has 0 atom stereocenters. The second-order valence-corrected chi connectivity index (χ2v) is 12.6. The number of benzene rings is 6. The maximum absolute atomic E-state index is 10.9. The first-order valence-electron chi connectivity index (χ1n) is 14.9. The van der Waals surface area contributed by atoms with Gasteiger partial charge in [0.15, 0.2) is 11.5 Å². The third kappa shape index (κ3) is 3.42. The van der Waals surface area contributed by atoms with Gasteiger partial charge in [-0.15, -0.1) is 0 Å². The van der Waals surface area contributed by atoms with E-state index in [0.717, 1.165) is 59.6 Å². The summed E-state index contributed by atoms with van der Waals surface area (Å²) in [7, 11) is 0. The molecule has 8 aromatic rings. The van der Waals surface area contributed by atoms with Gasteiger partial charge in [-0.2, -0.15) is 0 Å². The normalized spacial score (nSPS) is 12.5. The molecular formula is C38H31NO5. The monoisotopic (exact) mass is 581 g/mol. The van der Waals surface area contributed by atoms with Crippen LogP contribution in [0.1, 0.15) is 50.7 Å². The number of hydrogen-bond donors (Lipinski definition) is 5. The largest absolute Gasteiger partial charge is 0.504 e. The molecule has 8 rings (SSSR count). The summed E-state index contributed by atoms with van der Waals surface area (Å²) in [6.07, 6.45) is 0. The predicted octanol–water partition coefficient (Wildman–Crippen LogP) is 9.58. The fourth-order valence-electron chi connectivity index (χ4n) is 6.89. The number of phenolic OH excluding ortho intramolecular Hbond substituents is 5. The molecule has 44 heavy (non-hydrogen) atoms. The Bertz CT molecular complexity index is 2340. The molecule has 6 aromatic carbocycles. The maximum atomic E-state index is 10.9. The molecule has 0 unspecified atom stereocenters. The molecular weight excluding hydrogens is 550 g/mol. The standard InChI is InChI=1S/C38H31NO5/c1-17(2)19-5-7-21-15-30-26(11-23(21)9-19)28-13-25(32-34(40)36(42)38(44)37(43)35(32)41)14-29-27-12-24-10-20(18(3)4)6-8-22(24)16-31(27)39(30)33(28)29/h5-18,40-44H,1-4H3. The second kappa shape index (κ2) is 8.83. The van der Waals surface area contributed by atoms with Gasteiger partial charge < -0.3 is 29.9 Å². The van der Waals surface area contributed by atoms with Gasteiger partial charge in [-0.3, -0.25) is 0 Å². The van der Waals surface area contributed by atoms with Gasteiger partial charge >= 0.3 is 0 Å². The van der Waals surface area contributed by atoms with Crippen molar-refractivity contribution in [2.75, 3.05) is 0 Å². The summed E-state index contributed by atoms with van der Waals surface area (Å²) in [5.41, 5.74) is 5.80. The fourth-order valence-corrected chi connectivity index (χ4v) is 6.89. The molecule has 2 heterocycles. The Balaban J connectivity index is 1.57. The first-order valence-corrected chi connectivity index (χ1v) is 14.9. The molecule has 0 saturated heterocycles. The molecule has 0 aliphatic heterocycles. The van der Waals surface area contributed by atoms with E-state index in [9.17, 15) is 25.5 Å². The average Bonchev–Trinajstić information content (AvgIpc) is 3.50. The van der Waals surface area contributed by atoms with Gasteiger partial charge in [0.25, 0.3) is 0 Å². The van der Waals surface area contributed by atoms with E-state index in [1.165, 1.54) is 11.1 Å². The quantitative estimate of drug-likeness (QED) is 0.106. The van der Waals surface area contributed by atoms with E-state index >= 15 is 0 Å². The molecule has 2 aromatic heterocycles. The number of hydrogen-bond acceptors (Lipinski definition) is 5. The molecule has 0 amide bonds. The Morgan fingerprint density at radius 2 is 0.886 bits per heavy atom. The Labute approximate surface area is 252 Å². The molecule has 0 radical (unpaired) electrons. The molecule has 0 fully saturated rings. The van der Waals surface area contributed by atoms with Crippen molar-refractivity contribution >= 4 is 59.6 Å². The summed E-state index contributed by atoms with van der Waals surface area (Å²) in [6, 6.07) is 25.7. The highest BCUT2D eigenvalue weighted by Gasteiger charge is 2.27. The van der Waals surface area contributed by atoms with Crippen molar-refractivity contribution in [3.8, 4) is 39.9 Å². The SMILES string of the molecule is CC(C)c1ccc2cc3c(cc2c1)c1cc(-c2c(O)c(O)c(O)c(O)c2O)cc2c4cc5cc(C(C)C)ccc5cc4n3c12. The van der Waals surface area contributed by atoms with E-state index in [1.807, 2.05) is 12.1 Å². The van der Waals surface area contributed by atoms with Gasteiger partial charge in [-0.05, 0) is 86.5 Å². The van der Waals surface area contributed by atoms with E-state index < -0.39 is 28.7 Å². The molecule has 0 bridgehead atoms. The first kappa shape index (κ1) is 26.3. The van der Waals surface area contributed by atoms with Gasteiger partial charge in [0, 0.05) is 21.5 Å². The van der Waals surface area contributed by atoms with Crippen molar-refractivity contribution in [1.82, 2.24) is 4.40 Å². The topological polar surface area (TPSA) is 106 Å². The summed E-state index contributed by atoms with van der Waals surface area (Å²) < 4.78 is 2.29. The first-order chi connectivity index (χ1) is 21.0. The molecule has 6 heteroatoms. The highest BCUT2D eigenvalue weighted by Crippen LogP contribution is 2.56. The van der Waals surface area contributed by atoms with E-state index in [0.29, 0.717) is 17.4 Å². The van der Waals surface area contributed by atoms with Crippen molar-refractivity contribution < 1.29 is 25.5 Å². The third-order valence-electron chi connectivity index (χ3n) is 9.35. The van der Waals surface area contributed by atoms with Crippen LogP contribution in [-0.4, -0.2) is 29.9 Å². The number of nitrogens with zero attached hydrogens (tertiary/aromatic N) is 1. The van der Waals surface area contributed by atoms with Crippen LogP contribution in [0, 0.1) is 0 Å². The number of phenols is 5. The maximum Gasteiger partial charge on any atom is 0.208 e. The highest BCUT2D eigenvalue weighted by molar-refractivity contribution is 6.27. The Morgan fingerprint density at radius 3 is 1.32 bits per heavy atom. The summed E-state index contributed by atoms with van der Waals surface area (Å²) in [4.78, 5) is 0. The molecule has 0 aliphatic carbocycles. The van der Waals surface area contributed by atoms with Crippen LogP contribution in [0.2, 0.25) is 0 Å². The lowest BCUT2D eigenvalue weighted by Crippen LogP contribution is -1.88. The summed E-state index contributed by atoms with van der Waals surface area (Å²) in [5, 5.41) is 61.0. The van der Waals surface area contributed by atoms with Gasteiger partial charge in [0.2, 0.25) is 17.2 Å². The van der Waals surface area contributed by atoms with Crippen LogP contribution < -0.4 is 0 Å². The van der Waals surface area contributed by atoms with Gasteiger partial charge in [0.05, 0.1) is 22.1 Å². The minimum absolute atomic E-state index is 0.156. The highest BCUT2D eigenvalue weighted by atomic mass is 16.4. The summed E-state index contributed by atoms with van der Waals surface area (Å²) in [5.74, 6) is -3.42. The van der Waals surface area contributed by atoms with Gasteiger partial charge in [-0.1, -0.05) is 64.1 Å². The molecule has 0 spiro atoms. The zero-order valence-electron chi connectivity index (χ0n) is 24.8. The number of aromatic hydroxyl groups is 5. The van der Waals surface area contributed by atoms with Crippen molar-refractivity contribution in [2.24, 2.45) is 0 Å². The predicted molar refractivity (Wildman–Crippen MR) is 178 cm³/mol. The van der Waals surface area contributed by atoms with Crippen LogP contribution in [0.4, 0.5) is 0 Å². The zero-order chi connectivity index (χ0) is 30.8. The molecule has 0 aliphatic rings. The Morgan fingerprint density at radius 1 is 0.455 bits per heavy atom. The minimum Gasteiger partial charge on any atom is -0.504 e. The van der Waals surface area contributed by atoms with Gasteiger partial charge in [0.1, 0.15) is 0 Å². The Kier molecular flexibility index (Phi) is 5.28. The minimum atomic E-state index is -0.976. The van der Waals surface area contributed by atoms with E-state index in [-0.39, 0.29) is 5.56 Å². The van der Waals surface area contributed by atoms with Crippen LogP contribution in [0.15, 0.2) is 72.8 Å². The molecule has 0 saturated carbocycles. The van der Waals surface area contributed by atoms with Crippen molar-refractivity contribution in [1.29, 1.82) is 0 Å². The number of fused-ring (bicyclic) bond motifs is 8. The Hall–Kier alpha value is -5.36. The number of rotatable bonds is 3. The van der Waals surface area contributed by atoms with Crippen molar-refractivity contribution in [3.05, 3.63) is 83.9 Å². The number of aromatic nitrogens is 1. The third-order valence-corrected chi connectivity index (χ3v) is 9.35. The van der Waals surface area contributed by atoms with Crippen LogP contribution >= 0.6 is 0 Å². The van der Waals surface area contributed by atoms with Crippen LogP contribution in [0.25, 0.3) is 70.8 Å². The lowest BCUT2D eigenvalue weighted by atomic mass is 9.94. The van der Waals surface area contributed by atoms with Crippen molar-refractivity contribution in [2.45, 2.75) is 39.5 Å². The molecule has 218 valence electrons. The summed E-state index contributed by atoms with van der Waals surface area (Å²) >= 11 is 0. The second-order valence-electron chi connectivity index (χ2n) is 12.6. The lowest BCUT2D eigenvalue weighted by molar-refractivity contribution is 0.330. The van der Waals surface area contributed by atoms with Crippen LogP contribution in [0.3, 0.4) is 0 Å².